The molecule has 2 unspecified atom stereocenters. The Balaban J connectivity index is 1.20. The van der Waals surface area contributed by atoms with Gasteiger partial charge in [-0.15, -0.1) is 0 Å². The van der Waals surface area contributed by atoms with Crippen LogP contribution in [0.3, 0.4) is 0 Å². The summed E-state index contributed by atoms with van der Waals surface area (Å²) in [5.41, 5.74) is 4.95. The van der Waals surface area contributed by atoms with Gasteiger partial charge in [-0.1, -0.05) is 30.3 Å². The fourth-order valence-corrected chi connectivity index (χ4v) is 5.96. The number of carbonyl (C=O) groups is 1. The fraction of sp³-hybridized carbons (Fsp3) is 0.480. The second kappa shape index (κ2) is 7.95. The number of rotatable bonds is 5. The molecule has 0 bridgehead atoms. The van der Waals surface area contributed by atoms with Crippen LogP contribution in [0.25, 0.3) is 0 Å². The third-order valence-electron chi connectivity index (χ3n) is 7.44. The van der Waals surface area contributed by atoms with E-state index in [0.29, 0.717) is 17.6 Å². The summed E-state index contributed by atoms with van der Waals surface area (Å²) in [5, 5.41) is 11.0. The van der Waals surface area contributed by atoms with Crippen molar-refractivity contribution in [2.24, 2.45) is 11.8 Å². The van der Waals surface area contributed by atoms with Crippen LogP contribution in [0.4, 0.5) is 5.69 Å². The largest absolute Gasteiger partial charge is 0.299 e. The molecule has 156 valence electrons. The van der Waals surface area contributed by atoms with Gasteiger partial charge in [0, 0.05) is 30.2 Å². The lowest BCUT2D eigenvalue weighted by Gasteiger charge is -2.34. The highest BCUT2D eigenvalue weighted by atomic mass is 16.6. The first-order valence-electron chi connectivity index (χ1n) is 11.2. The van der Waals surface area contributed by atoms with E-state index < -0.39 is 0 Å². The smallest absolute Gasteiger partial charge is 0.269 e. The summed E-state index contributed by atoms with van der Waals surface area (Å²) in [6.07, 6.45) is 6.71. The van der Waals surface area contributed by atoms with Crippen LogP contribution in [0.2, 0.25) is 0 Å². The Bertz CT molecular complexity index is 978. The van der Waals surface area contributed by atoms with Gasteiger partial charge in [0.2, 0.25) is 0 Å². The summed E-state index contributed by atoms with van der Waals surface area (Å²) in [5.74, 6) is 1.60. The number of hydrogen-bond donors (Lipinski definition) is 0. The average Bonchev–Trinajstić information content (AvgIpc) is 3.03. The number of carbonyl (C=O) groups excluding carboxylic acids is 1. The molecular formula is C25H28N2O3. The zero-order valence-corrected chi connectivity index (χ0v) is 17.3. The van der Waals surface area contributed by atoms with Crippen LogP contribution in [0, 0.1) is 22.0 Å². The van der Waals surface area contributed by atoms with Gasteiger partial charge >= 0.3 is 0 Å². The lowest BCUT2D eigenvalue weighted by atomic mass is 9.76. The summed E-state index contributed by atoms with van der Waals surface area (Å²) in [6.45, 7) is 2.75. The highest BCUT2D eigenvalue weighted by Gasteiger charge is 2.43. The standard InChI is InChI=1S/C25H28N2O3/c28-25-22-9-3-6-19-5-2-8-21(24(19)22)23(25)15-17-10-12-26(13-11-17)16-18-4-1-7-20(14-18)27(29)30/h1,3-4,6-7,9,14,17,21,23H,2,5,8,10-13,15-16H2. The van der Waals surface area contributed by atoms with Crippen molar-refractivity contribution in [2.45, 2.75) is 51.0 Å². The minimum atomic E-state index is -0.330. The monoisotopic (exact) mass is 404 g/mol. The molecule has 2 atom stereocenters. The summed E-state index contributed by atoms with van der Waals surface area (Å²) < 4.78 is 0. The minimum Gasteiger partial charge on any atom is -0.299 e. The van der Waals surface area contributed by atoms with Gasteiger partial charge in [-0.25, -0.2) is 0 Å². The van der Waals surface area contributed by atoms with E-state index in [1.165, 1.54) is 17.5 Å². The number of aryl methyl sites for hydroxylation is 1. The molecule has 1 saturated heterocycles. The molecule has 2 aromatic carbocycles. The van der Waals surface area contributed by atoms with Gasteiger partial charge in [0.25, 0.3) is 5.69 Å². The van der Waals surface area contributed by atoms with Crippen molar-refractivity contribution in [1.82, 2.24) is 4.90 Å². The first-order chi connectivity index (χ1) is 14.6. The predicted octanol–water partition coefficient (Wildman–Crippen LogP) is 5.13. The van der Waals surface area contributed by atoms with E-state index in [4.69, 9.17) is 0 Å². The van der Waals surface area contributed by atoms with Gasteiger partial charge in [0.1, 0.15) is 0 Å². The van der Waals surface area contributed by atoms with E-state index in [1.807, 2.05) is 12.1 Å². The molecule has 0 amide bonds. The Morgan fingerprint density at radius 2 is 1.87 bits per heavy atom. The molecule has 1 heterocycles. The second-order valence-corrected chi connectivity index (χ2v) is 9.23. The SMILES string of the molecule is O=C1c2cccc3c2C(CCC3)C1CC1CCN(Cc2cccc([N+](=O)[O-])c2)CC1. The molecule has 5 nitrogen and oxygen atoms in total. The van der Waals surface area contributed by atoms with Gasteiger partial charge in [-0.3, -0.25) is 19.8 Å². The van der Waals surface area contributed by atoms with Gasteiger partial charge in [0.05, 0.1) is 4.92 Å². The Morgan fingerprint density at radius 1 is 1.07 bits per heavy atom. The molecule has 1 aliphatic heterocycles. The third-order valence-corrected chi connectivity index (χ3v) is 7.44. The number of ketones is 1. The van der Waals surface area contributed by atoms with E-state index in [1.54, 1.807) is 18.2 Å². The van der Waals surface area contributed by atoms with Crippen molar-refractivity contribution < 1.29 is 9.72 Å². The maximum atomic E-state index is 13.1. The number of likely N-dealkylation sites (tertiary alicyclic amines) is 1. The Kier molecular flexibility index (Phi) is 5.15. The van der Waals surface area contributed by atoms with E-state index >= 15 is 0 Å². The van der Waals surface area contributed by atoms with E-state index in [-0.39, 0.29) is 16.5 Å². The van der Waals surface area contributed by atoms with E-state index in [2.05, 4.69) is 17.0 Å². The van der Waals surface area contributed by atoms with Crippen LogP contribution < -0.4 is 0 Å². The van der Waals surface area contributed by atoms with Crippen LogP contribution in [0.15, 0.2) is 42.5 Å². The van der Waals surface area contributed by atoms with Crippen molar-refractivity contribution in [3.8, 4) is 0 Å². The van der Waals surface area contributed by atoms with Crippen LogP contribution in [-0.4, -0.2) is 28.7 Å². The molecule has 1 fully saturated rings. The molecule has 0 spiro atoms. The molecular weight excluding hydrogens is 376 g/mol. The summed E-state index contributed by atoms with van der Waals surface area (Å²) >= 11 is 0. The third kappa shape index (κ3) is 3.56. The number of benzene rings is 2. The maximum Gasteiger partial charge on any atom is 0.269 e. The number of hydrogen-bond acceptors (Lipinski definition) is 4. The predicted molar refractivity (Wildman–Crippen MR) is 116 cm³/mol. The molecule has 5 heteroatoms. The minimum absolute atomic E-state index is 0.161. The molecule has 0 aromatic heterocycles. The van der Waals surface area contributed by atoms with Crippen molar-refractivity contribution in [2.75, 3.05) is 13.1 Å². The second-order valence-electron chi connectivity index (χ2n) is 9.23. The normalized spacial score (nSPS) is 24.1. The lowest BCUT2D eigenvalue weighted by Crippen LogP contribution is -2.34. The summed E-state index contributed by atoms with van der Waals surface area (Å²) in [4.78, 5) is 26.2. The number of nitrogens with zero attached hydrogens (tertiary/aromatic N) is 2. The number of Topliss-reactive ketones (excluding diaryl/α,β-unsaturated/α-hetero) is 1. The molecule has 3 aliphatic rings. The summed E-state index contributed by atoms with van der Waals surface area (Å²) in [6, 6.07) is 13.3. The molecule has 5 rings (SSSR count). The van der Waals surface area contributed by atoms with Crippen molar-refractivity contribution in [1.29, 1.82) is 0 Å². The Morgan fingerprint density at radius 3 is 2.67 bits per heavy atom. The first kappa shape index (κ1) is 19.4. The highest BCUT2D eigenvalue weighted by molar-refractivity contribution is 6.03. The van der Waals surface area contributed by atoms with Crippen molar-refractivity contribution in [3.63, 3.8) is 0 Å². The van der Waals surface area contributed by atoms with Crippen LogP contribution in [0.1, 0.15) is 65.1 Å². The van der Waals surface area contributed by atoms with E-state index in [9.17, 15) is 14.9 Å². The van der Waals surface area contributed by atoms with Crippen molar-refractivity contribution >= 4 is 11.5 Å². The number of piperidine rings is 1. The van der Waals surface area contributed by atoms with Gasteiger partial charge < -0.3 is 0 Å². The van der Waals surface area contributed by atoms with Gasteiger partial charge in [-0.05, 0) is 80.1 Å². The Labute approximate surface area is 177 Å². The number of non-ortho nitro benzene ring substituents is 1. The molecule has 0 N–H and O–H groups in total. The first-order valence-corrected chi connectivity index (χ1v) is 11.2. The van der Waals surface area contributed by atoms with Crippen molar-refractivity contribution in [3.05, 3.63) is 74.8 Å². The zero-order chi connectivity index (χ0) is 20.7. The maximum absolute atomic E-state index is 13.1. The fourth-order valence-electron chi connectivity index (χ4n) is 5.96. The topological polar surface area (TPSA) is 63.5 Å². The summed E-state index contributed by atoms with van der Waals surface area (Å²) in [7, 11) is 0. The Hall–Kier alpha value is -2.53. The van der Waals surface area contributed by atoms with E-state index in [0.717, 1.165) is 62.9 Å². The molecule has 30 heavy (non-hydrogen) atoms. The lowest BCUT2D eigenvalue weighted by molar-refractivity contribution is -0.384. The molecule has 0 saturated carbocycles. The molecule has 2 aromatic rings. The molecule has 2 aliphatic carbocycles. The van der Waals surface area contributed by atoms with Crippen LogP contribution >= 0.6 is 0 Å². The van der Waals surface area contributed by atoms with Crippen LogP contribution in [0.5, 0.6) is 0 Å². The number of nitro groups is 1. The average molecular weight is 405 g/mol. The van der Waals surface area contributed by atoms with Crippen LogP contribution in [-0.2, 0) is 13.0 Å². The molecule has 0 radical (unpaired) electrons. The van der Waals surface area contributed by atoms with Gasteiger partial charge in [0.15, 0.2) is 5.78 Å². The highest BCUT2D eigenvalue weighted by Crippen LogP contribution is 2.48. The quantitative estimate of drug-likeness (QED) is 0.512. The number of nitro benzene ring substituents is 1. The van der Waals surface area contributed by atoms with Gasteiger partial charge in [-0.2, -0.15) is 0 Å². The zero-order valence-electron chi connectivity index (χ0n) is 17.3.